The van der Waals surface area contributed by atoms with Gasteiger partial charge in [0.2, 0.25) is 0 Å². The van der Waals surface area contributed by atoms with E-state index in [1.54, 1.807) is 10.8 Å². The second-order valence-electron chi connectivity index (χ2n) is 8.59. The van der Waals surface area contributed by atoms with E-state index in [2.05, 4.69) is 35.0 Å². The van der Waals surface area contributed by atoms with Crippen molar-refractivity contribution < 1.29 is 4.52 Å². The van der Waals surface area contributed by atoms with Gasteiger partial charge in [-0.3, -0.25) is 4.57 Å². The smallest absolute Gasteiger partial charge is 0.328 e. The molecule has 0 aliphatic carbocycles. The van der Waals surface area contributed by atoms with Crippen LogP contribution in [0.5, 0.6) is 0 Å². The molecule has 0 spiro atoms. The van der Waals surface area contributed by atoms with Gasteiger partial charge in [-0.25, -0.2) is 14.8 Å². The summed E-state index contributed by atoms with van der Waals surface area (Å²) in [7, 11) is 0. The van der Waals surface area contributed by atoms with Crippen LogP contribution in [-0.2, 0) is 6.54 Å². The van der Waals surface area contributed by atoms with Crippen molar-refractivity contribution in [3.05, 3.63) is 87.8 Å². The standard InChI is InChI=1S/C26H25N5O2/c1-15(2)20-7-5-6-8-21(20)24-27-13-22-25(29-24)31(26(32)28-22)14-18-9-11-19(12-10-18)23-16(3)30-33-17(23)4/h5-13,15H,14H2,1-4H3,(H,28,32). The number of aromatic nitrogens is 5. The van der Waals surface area contributed by atoms with E-state index in [1.807, 2.05) is 56.3 Å². The van der Waals surface area contributed by atoms with Gasteiger partial charge in [-0.2, -0.15) is 0 Å². The lowest BCUT2D eigenvalue weighted by Crippen LogP contribution is -2.17. The molecule has 0 fully saturated rings. The van der Waals surface area contributed by atoms with Gasteiger partial charge in [0, 0.05) is 11.1 Å². The number of aryl methyl sites for hydroxylation is 2. The predicted molar refractivity (Wildman–Crippen MR) is 128 cm³/mol. The fourth-order valence-electron chi connectivity index (χ4n) is 4.28. The van der Waals surface area contributed by atoms with Crippen molar-refractivity contribution in [2.75, 3.05) is 0 Å². The zero-order chi connectivity index (χ0) is 23.1. The molecule has 2 aromatic carbocycles. The number of hydrogen-bond acceptors (Lipinski definition) is 5. The number of nitrogens with one attached hydrogen (secondary N) is 1. The summed E-state index contributed by atoms with van der Waals surface area (Å²) in [6, 6.07) is 16.2. The Morgan fingerprint density at radius 3 is 2.52 bits per heavy atom. The molecule has 0 aliphatic rings. The molecule has 33 heavy (non-hydrogen) atoms. The average Bonchev–Trinajstić information content (AvgIpc) is 3.31. The van der Waals surface area contributed by atoms with E-state index < -0.39 is 0 Å². The highest BCUT2D eigenvalue weighted by Crippen LogP contribution is 2.28. The molecule has 7 heteroatoms. The molecular formula is C26H25N5O2. The molecule has 0 amide bonds. The highest BCUT2D eigenvalue weighted by atomic mass is 16.5. The molecule has 0 bridgehead atoms. The molecule has 7 nitrogen and oxygen atoms in total. The first-order valence-corrected chi connectivity index (χ1v) is 11.0. The fourth-order valence-corrected chi connectivity index (χ4v) is 4.28. The van der Waals surface area contributed by atoms with E-state index in [1.165, 1.54) is 5.56 Å². The van der Waals surface area contributed by atoms with Crippen LogP contribution >= 0.6 is 0 Å². The van der Waals surface area contributed by atoms with Crippen LogP contribution in [0.3, 0.4) is 0 Å². The highest BCUT2D eigenvalue weighted by molar-refractivity contribution is 5.74. The Bertz CT molecular complexity index is 1490. The Hall–Kier alpha value is -4.00. The lowest BCUT2D eigenvalue weighted by atomic mass is 9.97. The summed E-state index contributed by atoms with van der Waals surface area (Å²) in [5.74, 6) is 1.75. The first kappa shape index (κ1) is 20.9. The van der Waals surface area contributed by atoms with Crippen LogP contribution in [0.25, 0.3) is 33.7 Å². The molecule has 0 unspecified atom stereocenters. The van der Waals surface area contributed by atoms with Crippen molar-refractivity contribution in [3.63, 3.8) is 0 Å². The summed E-state index contributed by atoms with van der Waals surface area (Å²) in [6.45, 7) is 8.54. The third-order valence-electron chi connectivity index (χ3n) is 5.95. The van der Waals surface area contributed by atoms with Crippen LogP contribution < -0.4 is 5.69 Å². The number of rotatable bonds is 5. The van der Waals surface area contributed by atoms with Crippen LogP contribution in [0, 0.1) is 13.8 Å². The quantitative estimate of drug-likeness (QED) is 0.405. The van der Waals surface area contributed by atoms with Crippen LogP contribution in [0.1, 0.15) is 42.3 Å². The van der Waals surface area contributed by atoms with Crippen molar-refractivity contribution in [1.82, 2.24) is 24.7 Å². The molecular weight excluding hydrogens is 414 g/mol. The molecule has 3 heterocycles. The first-order chi connectivity index (χ1) is 15.9. The molecule has 0 saturated carbocycles. The first-order valence-electron chi connectivity index (χ1n) is 11.0. The Labute approximate surface area is 191 Å². The summed E-state index contributed by atoms with van der Waals surface area (Å²) in [4.78, 5) is 24.9. The van der Waals surface area contributed by atoms with Gasteiger partial charge in [0.05, 0.1) is 18.4 Å². The summed E-state index contributed by atoms with van der Waals surface area (Å²) in [5.41, 5.74) is 7.08. The van der Waals surface area contributed by atoms with Gasteiger partial charge < -0.3 is 9.51 Å². The third kappa shape index (κ3) is 3.75. The van der Waals surface area contributed by atoms with Gasteiger partial charge >= 0.3 is 5.69 Å². The van der Waals surface area contributed by atoms with Crippen molar-refractivity contribution in [1.29, 1.82) is 0 Å². The monoisotopic (exact) mass is 439 g/mol. The zero-order valence-corrected chi connectivity index (χ0v) is 19.1. The van der Waals surface area contributed by atoms with Crippen LogP contribution in [0.2, 0.25) is 0 Å². The second kappa shape index (κ2) is 8.16. The Kier molecular flexibility index (Phi) is 5.17. The van der Waals surface area contributed by atoms with Crippen molar-refractivity contribution in [2.45, 2.75) is 40.2 Å². The minimum absolute atomic E-state index is 0.205. The number of H-pyrrole nitrogens is 1. The molecule has 3 aromatic heterocycles. The topological polar surface area (TPSA) is 89.6 Å². The van der Waals surface area contributed by atoms with Crippen LogP contribution in [-0.4, -0.2) is 24.7 Å². The largest absolute Gasteiger partial charge is 0.361 e. The molecule has 0 atom stereocenters. The van der Waals surface area contributed by atoms with Gasteiger partial charge in [-0.1, -0.05) is 67.5 Å². The summed E-state index contributed by atoms with van der Waals surface area (Å²) in [6.07, 6.45) is 1.69. The number of benzene rings is 2. The predicted octanol–water partition coefficient (Wildman–Crippen LogP) is 5.23. The van der Waals surface area contributed by atoms with E-state index in [9.17, 15) is 4.79 Å². The normalized spacial score (nSPS) is 11.5. The number of imidazole rings is 1. The van der Waals surface area contributed by atoms with E-state index in [4.69, 9.17) is 9.51 Å². The van der Waals surface area contributed by atoms with Crippen molar-refractivity contribution in [3.8, 4) is 22.5 Å². The van der Waals surface area contributed by atoms with E-state index >= 15 is 0 Å². The Morgan fingerprint density at radius 1 is 1.06 bits per heavy atom. The summed E-state index contributed by atoms with van der Waals surface area (Å²) >= 11 is 0. The summed E-state index contributed by atoms with van der Waals surface area (Å²) < 4.78 is 6.94. The lowest BCUT2D eigenvalue weighted by Gasteiger charge is -2.11. The maximum Gasteiger partial charge on any atom is 0.328 e. The minimum atomic E-state index is -0.205. The average molecular weight is 440 g/mol. The molecule has 5 aromatic rings. The van der Waals surface area contributed by atoms with Gasteiger partial charge in [-0.05, 0) is 36.5 Å². The molecule has 1 N–H and O–H groups in total. The molecule has 0 aliphatic heterocycles. The minimum Gasteiger partial charge on any atom is -0.361 e. The Morgan fingerprint density at radius 2 is 1.82 bits per heavy atom. The number of aromatic amines is 1. The van der Waals surface area contributed by atoms with E-state index in [-0.39, 0.29) is 5.69 Å². The molecule has 0 radical (unpaired) electrons. The maximum absolute atomic E-state index is 12.7. The fraction of sp³-hybridized carbons (Fsp3) is 0.231. The maximum atomic E-state index is 12.7. The number of nitrogens with zero attached hydrogens (tertiary/aromatic N) is 4. The number of fused-ring (bicyclic) bond motifs is 1. The van der Waals surface area contributed by atoms with Crippen LogP contribution in [0.4, 0.5) is 0 Å². The highest BCUT2D eigenvalue weighted by Gasteiger charge is 2.15. The summed E-state index contributed by atoms with van der Waals surface area (Å²) in [5, 5.41) is 4.03. The van der Waals surface area contributed by atoms with Crippen LogP contribution in [0.15, 0.2) is 64.0 Å². The van der Waals surface area contributed by atoms with Gasteiger partial charge in [0.1, 0.15) is 11.3 Å². The van der Waals surface area contributed by atoms with Gasteiger partial charge in [-0.15, -0.1) is 0 Å². The van der Waals surface area contributed by atoms with Gasteiger partial charge in [0.25, 0.3) is 0 Å². The lowest BCUT2D eigenvalue weighted by molar-refractivity contribution is 0.393. The SMILES string of the molecule is Cc1noc(C)c1-c1ccc(Cn2c(=O)[nH]c3cnc(-c4ccccc4C(C)C)nc32)cc1. The number of hydrogen-bond donors (Lipinski definition) is 1. The Balaban J connectivity index is 1.52. The molecule has 5 rings (SSSR count). The molecule has 0 saturated heterocycles. The van der Waals surface area contributed by atoms with E-state index in [0.717, 1.165) is 33.7 Å². The van der Waals surface area contributed by atoms with Gasteiger partial charge in [0.15, 0.2) is 11.5 Å². The zero-order valence-electron chi connectivity index (χ0n) is 19.1. The van der Waals surface area contributed by atoms with Crippen molar-refractivity contribution in [2.24, 2.45) is 0 Å². The molecule has 166 valence electrons. The third-order valence-corrected chi connectivity index (χ3v) is 5.95. The van der Waals surface area contributed by atoms with Crippen molar-refractivity contribution >= 4 is 11.2 Å². The second-order valence-corrected chi connectivity index (χ2v) is 8.59. The van der Waals surface area contributed by atoms with E-state index in [0.29, 0.717) is 29.5 Å².